The quantitative estimate of drug-likeness (QED) is 0.689. The van der Waals surface area contributed by atoms with Crippen molar-refractivity contribution in [2.75, 3.05) is 6.54 Å². The average Bonchev–Trinajstić information content (AvgIpc) is 2.26. The summed E-state index contributed by atoms with van der Waals surface area (Å²) in [4.78, 5) is 0. The molecule has 0 amide bonds. The van der Waals surface area contributed by atoms with Gasteiger partial charge in [0.05, 0.1) is 0 Å². The summed E-state index contributed by atoms with van der Waals surface area (Å²) in [6, 6.07) is 9.28. The normalized spacial score (nSPS) is 12.4. The van der Waals surface area contributed by atoms with Gasteiger partial charge in [0, 0.05) is 6.04 Å². The summed E-state index contributed by atoms with van der Waals surface area (Å²) in [5.41, 5.74) is 2.75. The molecule has 1 heteroatoms. The van der Waals surface area contributed by atoms with Crippen molar-refractivity contribution >= 4 is 0 Å². The Bertz CT molecular complexity index is 317. The van der Waals surface area contributed by atoms with Gasteiger partial charge in [-0.25, -0.2) is 0 Å². The van der Waals surface area contributed by atoms with Crippen molar-refractivity contribution in [1.82, 2.24) is 5.32 Å². The van der Waals surface area contributed by atoms with Gasteiger partial charge in [-0.05, 0) is 38.3 Å². The second kappa shape index (κ2) is 7.24. The molecule has 0 aromatic heterocycles. The van der Waals surface area contributed by atoms with Crippen molar-refractivity contribution in [3.05, 3.63) is 48.0 Å². The van der Waals surface area contributed by atoms with Crippen LogP contribution in [0.1, 0.15) is 30.9 Å². The van der Waals surface area contributed by atoms with E-state index in [4.69, 9.17) is 0 Å². The fourth-order valence-corrected chi connectivity index (χ4v) is 1.91. The van der Waals surface area contributed by atoms with E-state index in [2.05, 4.69) is 50.0 Å². The van der Waals surface area contributed by atoms with Gasteiger partial charge < -0.3 is 5.32 Å². The van der Waals surface area contributed by atoms with Crippen LogP contribution in [0.5, 0.6) is 0 Å². The van der Waals surface area contributed by atoms with Crippen LogP contribution in [-0.4, -0.2) is 12.6 Å². The van der Waals surface area contributed by atoms with E-state index in [9.17, 15) is 0 Å². The van der Waals surface area contributed by atoms with Crippen LogP contribution in [0.3, 0.4) is 0 Å². The van der Waals surface area contributed by atoms with Gasteiger partial charge in [0.1, 0.15) is 0 Å². The van der Waals surface area contributed by atoms with Crippen molar-refractivity contribution in [3.63, 3.8) is 0 Å². The first-order valence-electron chi connectivity index (χ1n) is 6.16. The van der Waals surface area contributed by atoms with Gasteiger partial charge in [0.15, 0.2) is 0 Å². The molecule has 1 atom stereocenters. The number of rotatable bonds is 7. The molecule has 1 rings (SSSR count). The Morgan fingerprint density at radius 3 is 2.88 bits per heavy atom. The highest BCUT2D eigenvalue weighted by molar-refractivity contribution is 5.23. The zero-order valence-electron chi connectivity index (χ0n) is 10.5. The van der Waals surface area contributed by atoms with E-state index in [0.717, 1.165) is 19.4 Å². The standard InChI is InChI=1S/C15H23N/c1-4-7-15(16-10-5-2)12-14-9-6-8-13(3)11-14/h4,6,8-9,11,15-16H,1,5,7,10,12H2,2-3H3. The molecular weight excluding hydrogens is 194 g/mol. The number of nitrogens with one attached hydrogen (secondary N) is 1. The molecule has 1 aromatic rings. The maximum atomic E-state index is 3.83. The number of aryl methyl sites for hydroxylation is 1. The zero-order valence-corrected chi connectivity index (χ0v) is 10.5. The van der Waals surface area contributed by atoms with Crippen LogP contribution in [0, 0.1) is 6.92 Å². The Balaban J connectivity index is 2.56. The van der Waals surface area contributed by atoms with Gasteiger partial charge in [0.25, 0.3) is 0 Å². The highest BCUT2D eigenvalue weighted by Crippen LogP contribution is 2.09. The zero-order chi connectivity index (χ0) is 11.8. The molecule has 0 aliphatic heterocycles. The Morgan fingerprint density at radius 1 is 1.44 bits per heavy atom. The molecule has 1 aromatic carbocycles. The molecule has 16 heavy (non-hydrogen) atoms. The first-order chi connectivity index (χ1) is 7.76. The fourth-order valence-electron chi connectivity index (χ4n) is 1.91. The Kier molecular flexibility index (Phi) is 5.87. The smallest absolute Gasteiger partial charge is 0.0142 e. The van der Waals surface area contributed by atoms with Crippen LogP contribution in [0.4, 0.5) is 0 Å². The monoisotopic (exact) mass is 217 g/mol. The van der Waals surface area contributed by atoms with Crippen molar-refractivity contribution < 1.29 is 0 Å². The lowest BCUT2D eigenvalue weighted by molar-refractivity contribution is 0.512. The molecule has 1 unspecified atom stereocenters. The summed E-state index contributed by atoms with van der Waals surface area (Å²) in [6.45, 7) is 9.26. The molecule has 0 saturated heterocycles. The first-order valence-corrected chi connectivity index (χ1v) is 6.16. The van der Waals surface area contributed by atoms with Crippen molar-refractivity contribution in [1.29, 1.82) is 0 Å². The van der Waals surface area contributed by atoms with Crippen LogP contribution < -0.4 is 5.32 Å². The molecule has 0 saturated carbocycles. The predicted molar refractivity (Wildman–Crippen MR) is 71.8 cm³/mol. The van der Waals surface area contributed by atoms with E-state index >= 15 is 0 Å². The highest BCUT2D eigenvalue weighted by Gasteiger charge is 2.06. The van der Waals surface area contributed by atoms with E-state index in [1.165, 1.54) is 17.5 Å². The molecule has 1 N–H and O–H groups in total. The molecule has 0 aliphatic carbocycles. The minimum absolute atomic E-state index is 0.527. The van der Waals surface area contributed by atoms with Crippen molar-refractivity contribution in [2.24, 2.45) is 0 Å². The van der Waals surface area contributed by atoms with E-state index in [1.807, 2.05) is 6.08 Å². The van der Waals surface area contributed by atoms with Crippen molar-refractivity contribution in [3.8, 4) is 0 Å². The third kappa shape index (κ3) is 4.63. The predicted octanol–water partition coefficient (Wildman–Crippen LogP) is 3.48. The third-order valence-electron chi connectivity index (χ3n) is 2.70. The van der Waals surface area contributed by atoms with Crippen molar-refractivity contribution in [2.45, 2.75) is 39.2 Å². The van der Waals surface area contributed by atoms with Gasteiger partial charge in [-0.3, -0.25) is 0 Å². The van der Waals surface area contributed by atoms with E-state index in [1.54, 1.807) is 0 Å². The summed E-state index contributed by atoms with van der Waals surface area (Å²) in [5.74, 6) is 0. The maximum absolute atomic E-state index is 3.83. The van der Waals surface area contributed by atoms with Gasteiger partial charge in [-0.15, -0.1) is 6.58 Å². The molecule has 1 nitrogen and oxygen atoms in total. The summed E-state index contributed by atoms with van der Waals surface area (Å²) >= 11 is 0. The molecule has 88 valence electrons. The second-order valence-electron chi connectivity index (χ2n) is 4.37. The molecule has 0 heterocycles. The number of benzene rings is 1. The van der Waals surface area contributed by atoms with Crippen LogP contribution in [0.2, 0.25) is 0 Å². The lowest BCUT2D eigenvalue weighted by Crippen LogP contribution is -2.31. The van der Waals surface area contributed by atoms with Gasteiger partial charge in [-0.1, -0.05) is 42.8 Å². The van der Waals surface area contributed by atoms with Crippen LogP contribution >= 0.6 is 0 Å². The molecule has 0 bridgehead atoms. The Hall–Kier alpha value is -1.08. The lowest BCUT2D eigenvalue weighted by atomic mass is 10.0. The highest BCUT2D eigenvalue weighted by atomic mass is 14.9. The second-order valence-corrected chi connectivity index (χ2v) is 4.37. The lowest BCUT2D eigenvalue weighted by Gasteiger charge is -2.17. The van der Waals surface area contributed by atoms with Gasteiger partial charge >= 0.3 is 0 Å². The average molecular weight is 217 g/mol. The van der Waals surface area contributed by atoms with E-state index < -0.39 is 0 Å². The Morgan fingerprint density at radius 2 is 2.25 bits per heavy atom. The molecular formula is C15H23N. The summed E-state index contributed by atoms with van der Waals surface area (Å²) in [7, 11) is 0. The minimum atomic E-state index is 0.527. The first kappa shape index (κ1) is 13.0. The molecule has 0 spiro atoms. The van der Waals surface area contributed by atoms with Gasteiger partial charge in [-0.2, -0.15) is 0 Å². The molecule has 0 fully saturated rings. The third-order valence-corrected chi connectivity index (χ3v) is 2.70. The molecule has 0 aliphatic rings. The SMILES string of the molecule is C=CCC(Cc1cccc(C)c1)NCCC. The van der Waals surface area contributed by atoms with Crippen LogP contribution in [-0.2, 0) is 6.42 Å². The van der Waals surface area contributed by atoms with Crippen LogP contribution in [0.25, 0.3) is 0 Å². The number of hydrogen-bond acceptors (Lipinski definition) is 1. The van der Waals surface area contributed by atoms with E-state index in [-0.39, 0.29) is 0 Å². The molecule has 0 radical (unpaired) electrons. The largest absolute Gasteiger partial charge is 0.313 e. The summed E-state index contributed by atoms with van der Waals surface area (Å²) in [5, 5.41) is 3.57. The van der Waals surface area contributed by atoms with Gasteiger partial charge in [0.2, 0.25) is 0 Å². The minimum Gasteiger partial charge on any atom is -0.313 e. The number of hydrogen-bond donors (Lipinski definition) is 1. The topological polar surface area (TPSA) is 12.0 Å². The van der Waals surface area contributed by atoms with E-state index in [0.29, 0.717) is 6.04 Å². The maximum Gasteiger partial charge on any atom is 0.0142 e. The van der Waals surface area contributed by atoms with Crippen LogP contribution in [0.15, 0.2) is 36.9 Å². The summed E-state index contributed by atoms with van der Waals surface area (Å²) < 4.78 is 0. The Labute approximate surface area is 99.6 Å². The fraction of sp³-hybridized carbons (Fsp3) is 0.467. The summed E-state index contributed by atoms with van der Waals surface area (Å²) in [6.07, 6.45) is 5.31.